The summed E-state index contributed by atoms with van der Waals surface area (Å²) in [4.78, 5) is 43.9. The monoisotopic (exact) mass is 382 g/mol. The summed E-state index contributed by atoms with van der Waals surface area (Å²) < 4.78 is 7.01. The van der Waals surface area contributed by atoms with Crippen molar-refractivity contribution in [1.29, 1.82) is 0 Å². The van der Waals surface area contributed by atoms with E-state index in [9.17, 15) is 14.4 Å². The smallest absolute Gasteiger partial charge is 0.328 e. The molecule has 1 aromatic carbocycles. The summed E-state index contributed by atoms with van der Waals surface area (Å²) in [7, 11) is 0. The van der Waals surface area contributed by atoms with Crippen LogP contribution in [0.4, 0.5) is 5.13 Å². The van der Waals surface area contributed by atoms with Crippen molar-refractivity contribution in [3.63, 3.8) is 0 Å². The molecule has 1 amide bonds. The molecule has 0 spiro atoms. The Balaban J connectivity index is 1.65. The number of hydrogen-bond acceptors (Lipinski definition) is 6. The maximum absolute atomic E-state index is 12.6. The number of thiazole rings is 1. The van der Waals surface area contributed by atoms with Crippen LogP contribution in [0.3, 0.4) is 0 Å². The van der Waals surface area contributed by atoms with E-state index in [0.717, 1.165) is 26.5 Å². The average molecular weight is 382 g/mol. The van der Waals surface area contributed by atoms with Crippen molar-refractivity contribution in [2.75, 3.05) is 5.32 Å². The van der Waals surface area contributed by atoms with Gasteiger partial charge in [0.25, 0.3) is 11.5 Å². The van der Waals surface area contributed by atoms with E-state index in [2.05, 4.69) is 15.3 Å². The van der Waals surface area contributed by atoms with E-state index in [1.54, 1.807) is 12.1 Å². The summed E-state index contributed by atoms with van der Waals surface area (Å²) in [5.41, 5.74) is 0.340. The second kappa shape index (κ2) is 6.69. The van der Waals surface area contributed by atoms with E-state index >= 15 is 0 Å². The summed E-state index contributed by atoms with van der Waals surface area (Å²) in [5, 5.41) is 3.00. The van der Waals surface area contributed by atoms with Crippen LogP contribution < -0.4 is 16.6 Å². The highest BCUT2D eigenvalue weighted by molar-refractivity contribution is 7.22. The Bertz CT molecular complexity index is 1250. The standard InChI is InChI=1S/C18H14N4O4S/c1-10-4-5-13-14(7-10)27-17(20-13)21-15(23)12-8-19-18(25)22(16(12)24)9-11-3-2-6-26-11/h2-8H,9H2,1H3,(H,19,25)(H,20,21,23). The number of nitrogens with zero attached hydrogens (tertiary/aromatic N) is 2. The van der Waals surface area contributed by atoms with Gasteiger partial charge < -0.3 is 9.40 Å². The van der Waals surface area contributed by atoms with Crippen LogP contribution in [0.2, 0.25) is 0 Å². The Kier molecular flexibility index (Phi) is 4.21. The molecule has 2 N–H and O–H groups in total. The highest BCUT2D eigenvalue weighted by Crippen LogP contribution is 2.26. The number of aryl methyl sites for hydroxylation is 1. The lowest BCUT2D eigenvalue weighted by molar-refractivity contribution is 0.102. The van der Waals surface area contributed by atoms with E-state index in [-0.39, 0.29) is 12.1 Å². The quantitative estimate of drug-likeness (QED) is 0.563. The molecule has 136 valence electrons. The second-order valence-electron chi connectivity index (χ2n) is 5.92. The Hall–Kier alpha value is -3.46. The van der Waals surface area contributed by atoms with Gasteiger partial charge in [-0.05, 0) is 36.8 Å². The fraction of sp³-hybridized carbons (Fsp3) is 0.111. The van der Waals surface area contributed by atoms with Gasteiger partial charge in [-0.15, -0.1) is 0 Å². The third kappa shape index (κ3) is 3.32. The van der Waals surface area contributed by atoms with Crippen molar-refractivity contribution >= 4 is 32.6 Å². The zero-order valence-electron chi connectivity index (χ0n) is 14.2. The number of carbonyl (C=O) groups is 1. The summed E-state index contributed by atoms with van der Waals surface area (Å²) in [6.07, 6.45) is 2.55. The molecule has 27 heavy (non-hydrogen) atoms. The number of rotatable bonds is 4. The highest BCUT2D eigenvalue weighted by atomic mass is 32.1. The SMILES string of the molecule is Cc1ccc2nc(NC(=O)c3c[nH]c(=O)n(Cc4ccco4)c3=O)sc2c1. The van der Waals surface area contributed by atoms with Crippen LogP contribution in [0.1, 0.15) is 21.7 Å². The Morgan fingerprint density at radius 2 is 2.19 bits per heavy atom. The number of aromatic amines is 1. The van der Waals surface area contributed by atoms with Crippen molar-refractivity contribution in [2.24, 2.45) is 0 Å². The van der Waals surface area contributed by atoms with Crippen molar-refractivity contribution in [1.82, 2.24) is 14.5 Å². The fourth-order valence-corrected chi connectivity index (χ4v) is 3.58. The molecular formula is C18H14N4O4S. The molecule has 0 atom stereocenters. The average Bonchev–Trinajstić information content (AvgIpc) is 3.27. The predicted octanol–water partition coefficient (Wildman–Crippen LogP) is 2.35. The van der Waals surface area contributed by atoms with Crippen LogP contribution in [0, 0.1) is 6.92 Å². The van der Waals surface area contributed by atoms with Crippen LogP contribution in [-0.2, 0) is 6.54 Å². The van der Waals surface area contributed by atoms with Crippen molar-refractivity contribution in [2.45, 2.75) is 13.5 Å². The lowest BCUT2D eigenvalue weighted by Crippen LogP contribution is -2.39. The van der Waals surface area contributed by atoms with Gasteiger partial charge in [0.1, 0.15) is 11.3 Å². The van der Waals surface area contributed by atoms with E-state index in [1.165, 1.54) is 17.6 Å². The summed E-state index contributed by atoms with van der Waals surface area (Å²) in [5.74, 6) is -0.207. The van der Waals surface area contributed by atoms with Gasteiger partial charge in [-0.1, -0.05) is 17.4 Å². The summed E-state index contributed by atoms with van der Waals surface area (Å²) >= 11 is 1.31. The molecule has 0 radical (unpaired) electrons. The lowest BCUT2D eigenvalue weighted by Gasteiger charge is -2.05. The molecule has 4 aromatic rings. The fourth-order valence-electron chi connectivity index (χ4n) is 2.63. The predicted molar refractivity (Wildman–Crippen MR) is 101 cm³/mol. The van der Waals surface area contributed by atoms with Gasteiger partial charge in [-0.3, -0.25) is 19.5 Å². The number of carbonyl (C=O) groups excluding carboxylic acids is 1. The van der Waals surface area contributed by atoms with Crippen molar-refractivity contribution < 1.29 is 9.21 Å². The Morgan fingerprint density at radius 3 is 2.96 bits per heavy atom. The van der Waals surface area contributed by atoms with Gasteiger partial charge in [0.15, 0.2) is 5.13 Å². The molecule has 3 aromatic heterocycles. The second-order valence-corrected chi connectivity index (χ2v) is 6.95. The topological polar surface area (TPSA) is 110 Å². The van der Waals surface area contributed by atoms with Crippen LogP contribution in [0.25, 0.3) is 10.2 Å². The van der Waals surface area contributed by atoms with E-state index < -0.39 is 17.2 Å². The maximum Gasteiger partial charge on any atom is 0.328 e. The number of aromatic nitrogens is 3. The number of nitrogens with one attached hydrogen (secondary N) is 2. The Morgan fingerprint density at radius 1 is 1.33 bits per heavy atom. The first-order valence-corrected chi connectivity index (χ1v) is 8.86. The van der Waals surface area contributed by atoms with Gasteiger partial charge in [-0.25, -0.2) is 9.78 Å². The first kappa shape index (κ1) is 17.0. The number of H-pyrrole nitrogens is 1. The normalized spacial score (nSPS) is 11.0. The minimum atomic E-state index is -0.704. The number of fused-ring (bicyclic) bond motifs is 1. The molecule has 0 aliphatic carbocycles. The molecule has 0 aliphatic rings. The van der Waals surface area contributed by atoms with Crippen LogP contribution in [-0.4, -0.2) is 20.4 Å². The largest absolute Gasteiger partial charge is 0.467 e. The van der Waals surface area contributed by atoms with Gasteiger partial charge in [0.2, 0.25) is 0 Å². The van der Waals surface area contributed by atoms with Crippen molar-refractivity contribution in [3.05, 3.63) is 80.5 Å². The number of furan rings is 1. The number of hydrogen-bond donors (Lipinski definition) is 2. The van der Waals surface area contributed by atoms with E-state index in [0.29, 0.717) is 10.9 Å². The molecule has 0 aliphatic heterocycles. The molecule has 8 nitrogen and oxygen atoms in total. The summed E-state index contributed by atoms with van der Waals surface area (Å²) in [6, 6.07) is 9.07. The van der Waals surface area contributed by atoms with Gasteiger partial charge in [0.05, 0.1) is 23.0 Å². The van der Waals surface area contributed by atoms with E-state index in [1.807, 2.05) is 25.1 Å². The number of anilines is 1. The molecule has 4 rings (SSSR count). The van der Waals surface area contributed by atoms with Gasteiger partial charge in [0, 0.05) is 6.20 Å². The molecule has 0 bridgehead atoms. The lowest BCUT2D eigenvalue weighted by atomic mass is 10.2. The molecular weight excluding hydrogens is 368 g/mol. The maximum atomic E-state index is 12.6. The number of amides is 1. The molecule has 0 unspecified atom stereocenters. The molecule has 0 saturated heterocycles. The highest BCUT2D eigenvalue weighted by Gasteiger charge is 2.17. The van der Waals surface area contributed by atoms with Crippen LogP contribution >= 0.6 is 11.3 Å². The Labute approximate surface area is 156 Å². The minimum Gasteiger partial charge on any atom is -0.467 e. The molecule has 0 fully saturated rings. The van der Waals surface area contributed by atoms with Crippen LogP contribution in [0.15, 0.2) is 56.8 Å². The summed E-state index contributed by atoms with van der Waals surface area (Å²) in [6.45, 7) is 1.90. The third-order valence-corrected chi connectivity index (χ3v) is 4.90. The minimum absolute atomic E-state index is 0.0668. The van der Waals surface area contributed by atoms with Crippen LogP contribution in [0.5, 0.6) is 0 Å². The number of benzene rings is 1. The molecule has 9 heteroatoms. The molecule has 0 saturated carbocycles. The molecule has 3 heterocycles. The van der Waals surface area contributed by atoms with E-state index in [4.69, 9.17) is 4.42 Å². The van der Waals surface area contributed by atoms with Gasteiger partial charge >= 0.3 is 5.69 Å². The first-order valence-electron chi connectivity index (χ1n) is 8.05. The zero-order chi connectivity index (χ0) is 19.0. The van der Waals surface area contributed by atoms with Gasteiger partial charge in [-0.2, -0.15) is 0 Å². The zero-order valence-corrected chi connectivity index (χ0v) is 15.0. The van der Waals surface area contributed by atoms with Crippen molar-refractivity contribution in [3.8, 4) is 0 Å². The first-order chi connectivity index (χ1) is 13.0. The third-order valence-electron chi connectivity index (χ3n) is 3.96.